The molecular weight excluding hydrogens is 245 g/mol. The lowest BCUT2D eigenvalue weighted by Gasteiger charge is -2.24. The standard InChI is InChI=1S/C12H15F3N2O/c1-4-16-12(2,3)11(18)17-8-6-5-7(13)9(14)10(8)15/h5-6,16H,4H2,1-3H3,(H,17,18). The van der Waals surface area contributed by atoms with Crippen LogP contribution >= 0.6 is 0 Å². The lowest BCUT2D eigenvalue weighted by atomic mass is 10.0. The minimum Gasteiger partial charge on any atom is -0.322 e. The van der Waals surface area contributed by atoms with Crippen molar-refractivity contribution in [1.29, 1.82) is 0 Å². The highest BCUT2D eigenvalue weighted by Gasteiger charge is 2.27. The predicted molar refractivity (Wildman–Crippen MR) is 62.7 cm³/mol. The molecule has 1 rings (SSSR count). The second-order valence-corrected chi connectivity index (χ2v) is 4.33. The van der Waals surface area contributed by atoms with Gasteiger partial charge in [-0.15, -0.1) is 0 Å². The van der Waals surface area contributed by atoms with Crippen LogP contribution in [0.15, 0.2) is 12.1 Å². The van der Waals surface area contributed by atoms with Gasteiger partial charge in [0, 0.05) is 0 Å². The average molecular weight is 260 g/mol. The van der Waals surface area contributed by atoms with E-state index in [0.717, 1.165) is 12.1 Å². The lowest BCUT2D eigenvalue weighted by molar-refractivity contribution is -0.121. The zero-order valence-corrected chi connectivity index (χ0v) is 10.4. The fourth-order valence-corrected chi connectivity index (χ4v) is 1.42. The Bertz CT molecular complexity index is 461. The molecule has 0 aliphatic heterocycles. The number of benzene rings is 1. The topological polar surface area (TPSA) is 41.1 Å². The number of amides is 1. The van der Waals surface area contributed by atoms with Gasteiger partial charge in [-0.2, -0.15) is 0 Å². The van der Waals surface area contributed by atoms with Crippen LogP contribution in [0.4, 0.5) is 18.9 Å². The van der Waals surface area contributed by atoms with Gasteiger partial charge in [-0.1, -0.05) is 6.92 Å². The normalized spacial score (nSPS) is 11.4. The minimum atomic E-state index is -1.60. The third-order valence-corrected chi connectivity index (χ3v) is 2.47. The van der Waals surface area contributed by atoms with Crippen molar-refractivity contribution in [3.63, 3.8) is 0 Å². The molecule has 1 amide bonds. The maximum absolute atomic E-state index is 13.3. The van der Waals surface area contributed by atoms with Gasteiger partial charge in [-0.05, 0) is 32.5 Å². The highest BCUT2D eigenvalue weighted by molar-refractivity contribution is 5.97. The van der Waals surface area contributed by atoms with Crippen LogP contribution in [0.5, 0.6) is 0 Å². The average Bonchev–Trinajstić information content (AvgIpc) is 2.29. The molecule has 0 aromatic heterocycles. The molecule has 3 nitrogen and oxygen atoms in total. The smallest absolute Gasteiger partial charge is 0.244 e. The van der Waals surface area contributed by atoms with Crippen molar-refractivity contribution in [2.24, 2.45) is 0 Å². The molecule has 0 atom stereocenters. The van der Waals surface area contributed by atoms with Crippen LogP contribution in [-0.2, 0) is 4.79 Å². The Balaban J connectivity index is 2.92. The molecule has 0 fully saturated rings. The van der Waals surface area contributed by atoms with E-state index in [2.05, 4.69) is 10.6 Å². The molecule has 0 aliphatic carbocycles. The summed E-state index contributed by atoms with van der Waals surface area (Å²) in [6.45, 7) is 5.56. The first-order chi connectivity index (χ1) is 8.29. The van der Waals surface area contributed by atoms with E-state index in [4.69, 9.17) is 0 Å². The second kappa shape index (κ2) is 5.39. The largest absolute Gasteiger partial charge is 0.322 e. The van der Waals surface area contributed by atoms with Gasteiger partial charge >= 0.3 is 0 Å². The summed E-state index contributed by atoms with van der Waals surface area (Å²) in [5.41, 5.74) is -1.32. The molecule has 0 saturated heterocycles. The van der Waals surface area contributed by atoms with Crippen molar-refractivity contribution >= 4 is 11.6 Å². The molecular formula is C12H15F3N2O. The van der Waals surface area contributed by atoms with Gasteiger partial charge in [-0.25, -0.2) is 13.2 Å². The van der Waals surface area contributed by atoms with E-state index >= 15 is 0 Å². The Labute approximate surface area is 103 Å². The Morgan fingerprint density at radius 2 is 1.83 bits per heavy atom. The molecule has 1 aromatic rings. The van der Waals surface area contributed by atoms with E-state index in [9.17, 15) is 18.0 Å². The predicted octanol–water partition coefficient (Wildman–Crippen LogP) is 2.43. The minimum absolute atomic E-state index is 0.384. The number of carbonyl (C=O) groups excluding carboxylic acids is 1. The van der Waals surface area contributed by atoms with E-state index in [0.29, 0.717) is 6.54 Å². The van der Waals surface area contributed by atoms with Gasteiger partial charge in [-0.3, -0.25) is 4.79 Å². The molecule has 0 unspecified atom stereocenters. The summed E-state index contributed by atoms with van der Waals surface area (Å²) in [4.78, 5) is 11.8. The molecule has 2 N–H and O–H groups in total. The van der Waals surface area contributed by atoms with Crippen molar-refractivity contribution < 1.29 is 18.0 Å². The summed E-state index contributed by atoms with van der Waals surface area (Å²) in [6, 6.07) is 1.74. The third kappa shape index (κ3) is 3.01. The molecule has 100 valence electrons. The zero-order valence-electron chi connectivity index (χ0n) is 10.4. The Morgan fingerprint density at radius 1 is 1.22 bits per heavy atom. The number of carbonyl (C=O) groups is 1. The molecule has 0 spiro atoms. The number of hydrogen-bond acceptors (Lipinski definition) is 2. The fourth-order valence-electron chi connectivity index (χ4n) is 1.42. The van der Waals surface area contributed by atoms with Gasteiger partial charge in [0.2, 0.25) is 5.91 Å². The van der Waals surface area contributed by atoms with E-state index < -0.39 is 28.9 Å². The van der Waals surface area contributed by atoms with Crippen LogP contribution in [0, 0.1) is 17.5 Å². The number of halogens is 3. The summed E-state index contributed by atoms with van der Waals surface area (Å²) in [5.74, 6) is -4.84. The zero-order chi connectivity index (χ0) is 13.9. The molecule has 0 heterocycles. The van der Waals surface area contributed by atoms with Gasteiger partial charge in [0.15, 0.2) is 17.5 Å². The van der Waals surface area contributed by atoms with Crippen molar-refractivity contribution in [2.75, 3.05) is 11.9 Å². The number of rotatable bonds is 4. The highest BCUT2D eigenvalue weighted by Crippen LogP contribution is 2.20. The molecule has 0 radical (unpaired) electrons. The third-order valence-electron chi connectivity index (χ3n) is 2.47. The van der Waals surface area contributed by atoms with Gasteiger partial charge in [0.25, 0.3) is 0 Å². The number of anilines is 1. The van der Waals surface area contributed by atoms with Gasteiger partial charge in [0.1, 0.15) is 0 Å². The maximum atomic E-state index is 13.3. The number of nitrogens with one attached hydrogen (secondary N) is 2. The van der Waals surface area contributed by atoms with Crippen molar-refractivity contribution in [2.45, 2.75) is 26.3 Å². The molecule has 6 heteroatoms. The van der Waals surface area contributed by atoms with Gasteiger partial charge in [0.05, 0.1) is 11.2 Å². The Morgan fingerprint density at radius 3 is 2.39 bits per heavy atom. The van der Waals surface area contributed by atoms with Gasteiger partial charge < -0.3 is 10.6 Å². The summed E-state index contributed by atoms with van der Waals surface area (Å²) in [7, 11) is 0. The summed E-state index contributed by atoms with van der Waals surface area (Å²) in [5, 5.41) is 5.11. The summed E-state index contributed by atoms with van der Waals surface area (Å²) >= 11 is 0. The van der Waals surface area contributed by atoms with Crippen LogP contribution in [0.2, 0.25) is 0 Å². The van der Waals surface area contributed by atoms with E-state index in [1.807, 2.05) is 6.92 Å². The Hall–Kier alpha value is -1.56. The maximum Gasteiger partial charge on any atom is 0.244 e. The SMILES string of the molecule is CCNC(C)(C)C(=O)Nc1ccc(F)c(F)c1F. The van der Waals surface area contributed by atoms with Crippen LogP contribution in [0.1, 0.15) is 20.8 Å². The second-order valence-electron chi connectivity index (χ2n) is 4.33. The summed E-state index contributed by atoms with van der Waals surface area (Å²) in [6.07, 6.45) is 0. The first kappa shape index (κ1) is 14.5. The highest BCUT2D eigenvalue weighted by atomic mass is 19.2. The van der Waals surface area contributed by atoms with E-state index in [-0.39, 0.29) is 5.69 Å². The first-order valence-electron chi connectivity index (χ1n) is 5.49. The monoisotopic (exact) mass is 260 g/mol. The lowest BCUT2D eigenvalue weighted by Crippen LogP contribution is -2.49. The Kier molecular flexibility index (Phi) is 4.34. The van der Waals surface area contributed by atoms with Crippen LogP contribution in [-0.4, -0.2) is 18.0 Å². The van der Waals surface area contributed by atoms with E-state index in [1.165, 1.54) is 0 Å². The molecule has 0 aliphatic rings. The molecule has 1 aromatic carbocycles. The van der Waals surface area contributed by atoms with Crippen molar-refractivity contribution in [3.8, 4) is 0 Å². The van der Waals surface area contributed by atoms with Crippen molar-refractivity contribution in [1.82, 2.24) is 5.32 Å². The van der Waals surface area contributed by atoms with Crippen LogP contribution < -0.4 is 10.6 Å². The van der Waals surface area contributed by atoms with Crippen molar-refractivity contribution in [3.05, 3.63) is 29.6 Å². The number of hydrogen-bond donors (Lipinski definition) is 2. The molecule has 0 saturated carbocycles. The van der Waals surface area contributed by atoms with Crippen LogP contribution in [0.3, 0.4) is 0 Å². The molecule has 0 bridgehead atoms. The first-order valence-corrected chi connectivity index (χ1v) is 5.49. The van der Waals surface area contributed by atoms with E-state index in [1.54, 1.807) is 13.8 Å². The fraction of sp³-hybridized carbons (Fsp3) is 0.417. The van der Waals surface area contributed by atoms with Crippen LogP contribution in [0.25, 0.3) is 0 Å². The number of likely N-dealkylation sites (N-methyl/N-ethyl adjacent to an activating group) is 1. The summed E-state index contributed by atoms with van der Waals surface area (Å²) < 4.78 is 39.0. The molecule has 18 heavy (non-hydrogen) atoms. The quantitative estimate of drug-likeness (QED) is 0.816.